The Morgan fingerprint density at radius 1 is 0.640 bits per heavy atom. The Morgan fingerprint density at radius 3 is 1.52 bits per heavy atom. The average molecular weight is 323 g/mol. The van der Waals surface area contributed by atoms with Crippen LogP contribution in [0.1, 0.15) is 30.9 Å². The van der Waals surface area contributed by atoms with Crippen LogP contribution in [-0.2, 0) is 5.41 Å². The second-order valence-electron chi connectivity index (χ2n) is 6.74. The van der Waals surface area contributed by atoms with Crippen LogP contribution >= 0.6 is 0 Å². The first kappa shape index (κ1) is 15.9. The van der Waals surface area contributed by atoms with Gasteiger partial charge < -0.3 is 0 Å². The molecule has 0 bridgehead atoms. The summed E-state index contributed by atoms with van der Waals surface area (Å²) in [6, 6.07) is 30.7. The van der Waals surface area contributed by atoms with Crippen LogP contribution in [0.2, 0.25) is 0 Å². The lowest BCUT2D eigenvalue weighted by Gasteiger charge is -2.35. The van der Waals surface area contributed by atoms with E-state index >= 15 is 0 Å². The maximum atomic E-state index is 4.40. The molecule has 4 aromatic carbocycles. The van der Waals surface area contributed by atoms with E-state index in [1.807, 2.05) is 0 Å². The van der Waals surface area contributed by atoms with Crippen LogP contribution in [0.5, 0.6) is 0 Å². The molecule has 0 heteroatoms. The van der Waals surface area contributed by atoms with E-state index in [0.717, 1.165) is 12.8 Å². The van der Waals surface area contributed by atoms with E-state index in [-0.39, 0.29) is 5.41 Å². The van der Waals surface area contributed by atoms with Crippen molar-refractivity contribution in [3.8, 4) is 0 Å². The quantitative estimate of drug-likeness (QED) is 0.382. The maximum Gasteiger partial charge on any atom is 0.0212 e. The van der Waals surface area contributed by atoms with Gasteiger partial charge in [-0.25, -0.2) is 0 Å². The summed E-state index contributed by atoms with van der Waals surface area (Å²) >= 11 is 0. The summed E-state index contributed by atoms with van der Waals surface area (Å²) in [5.74, 6) is 0. The number of fused-ring (bicyclic) bond motifs is 2. The lowest BCUT2D eigenvalue weighted by atomic mass is 9.68. The predicted octanol–water partition coefficient (Wildman–Crippen LogP) is 6.91. The molecular formula is C25H23. The summed E-state index contributed by atoms with van der Waals surface area (Å²) in [6.45, 7) is 6.68. The molecule has 25 heavy (non-hydrogen) atoms. The molecule has 4 aromatic rings. The average Bonchev–Trinajstić information content (AvgIpc) is 2.69. The van der Waals surface area contributed by atoms with Gasteiger partial charge in [0.2, 0.25) is 0 Å². The first-order valence-corrected chi connectivity index (χ1v) is 9.06. The van der Waals surface area contributed by atoms with Gasteiger partial charge in [0.15, 0.2) is 0 Å². The van der Waals surface area contributed by atoms with Gasteiger partial charge in [-0.15, -0.1) is 0 Å². The van der Waals surface area contributed by atoms with E-state index in [4.69, 9.17) is 0 Å². The van der Waals surface area contributed by atoms with Crippen molar-refractivity contribution in [2.75, 3.05) is 0 Å². The Hall–Kier alpha value is -2.60. The minimum atomic E-state index is -0.0816. The number of hydrogen-bond donors (Lipinski definition) is 0. The second-order valence-corrected chi connectivity index (χ2v) is 6.74. The molecule has 0 fully saturated rings. The highest BCUT2D eigenvalue weighted by Crippen LogP contribution is 2.44. The summed E-state index contributed by atoms with van der Waals surface area (Å²) < 4.78 is 0. The molecule has 0 aliphatic carbocycles. The Balaban J connectivity index is 2.08. The predicted molar refractivity (Wildman–Crippen MR) is 109 cm³/mol. The van der Waals surface area contributed by atoms with Crippen LogP contribution in [0.15, 0.2) is 84.9 Å². The zero-order valence-electron chi connectivity index (χ0n) is 14.7. The lowest BCUT2D eigenvalue weighted by Crippen LogP contribution is -2.26. The molecule has 0 unspecified atom stereocenters. The zero-order chi connectivity index (χ0) is 17.3. The number of benzene rings is 4. The molecule has 0 aliphatic heterocycles. The minimum absolute atomic E-state index is 0.0816. The normalized spacial score (nSPS) is 11.9. The fourth-order valence-corrected chi connectivity index (χ4v) is 4.26. The van der Waals surface area contributed by atoms with Gasteiger partial charge in [-0.2, -0.15) is 0 Å². The van der Waals surface area contributed by atoms with Gasteiger partial charge >= 0.3 is 0 Å². The number of hydrogen-bond acceptors (Lipinski definition) is 0. The lowest BCUT2D eigenvalue weighted by molar-refractivity contribution is 0.509. The van der Waals surface area contributed by atoms with Gasteiger partial charge in [0, 0.05) is 5.41 Å². The first-order chi connectivity index (χ1) is 12.3. The molecule has 0 N–H and O–H groups in total. The molecule has 0 aromatic heterocycles. The Bertz CT molecular complexity index is 930. The summed E-state index contributed by atoms with van der Waals surface area (Å²) in [7, 11) is 0. The summed E-state index contributed by atoms with van der Waals surface area (Å²) in [5, 5.41) is 5.27. The van der Waals surface area contributed by atoms with Crippen LogP contribution in [0, 0.1) is 6.92 Å². The molecule has 123 valence electrons. The fraction of sp³-hybridized carbons (Fsp3) is 0.160. The van der Waals surface area contributed by atoms with E-state index in [1.54, 1.807) is 0 Å². The topological polar surface area (TPSA) is 0 Å². The van der Waals surface area contributed by atoms with Gasteiger partial charge in [-0.05, 0) is 45.5 Å². The molecule has 0 heterocycles. The van der Waals surface area contributed by atoms with Gasteiger partial charge in [-0.1, -0.05) is 98.8 Å². The molecule has 4 rings (SSSR count). The van der Waals surface area contributed by atoms with E-state index in [1.165, 1.54) is 32.7 Å². The van der Waals surface area contributed by atoms with Crippen LogP contribution < -0.4 is 0 Å². The largest absolute Gasteiger partial charge is 0.0642 e. The molecule has 1 radical (unpaired) electrons. The van der Waals surface area contributed by atoms with E-state index in [2.05, 4.69) is 98.8 Å². The van der Waals surface area contributed by atoms with Crippen LogP contribution in [0.3, 0.4) is 0 Å². The van der Waals surface area contributed by atoms with E-state index < -0.39 is 0 Å². The smallest absolute Gasteiger partial charge is 0.0212 e. The Labute approximate surface area is 150 Å². The maximum absolute atomic E-state index is 4.40. The first-order valence-electron chi connectivity index (χ1n) is 9.06. The third-order valence-corrected chi connectivity index (χ3v) is 5.64. The van der Waals surface area contributed by atoms with E-state index in [9.17, 15) is 0 Å². The zero-order valence-corrected chi connectivity index (χ0v) is 14.7. The van der Waals surface area contributed by atoms with Crippen molar-refractivity contribution in [3.63, 3.8) is 0 Å². The molecule has 0 spiro atoms. The van der Waals surface area contributed by atoms with Crippen LogP contribution in [-0.4, -0.2) is 0 Å². The monoisotopic (exact) mass is 323 g/mol. The second kappa shape index (κ2) is 6.37. The van der Waals surface area contributed by atoms with Gasteiger partial charge in [0.05, 0.1) is 0 Å². The highest BCUT2D eigenvalue weighted by Gasteiger charge is 2.33. The molecule has 0 saturated carbocycles. The molecule has 0 aliphatic rings. The van der Waals surface area contributed by atoms with Crippen molar-refractivity contribution < 1.29 is 0 Å². The Morgan fingerprint density at radius 2 is 1.08 bits per heavy atom. The molecule has 0 amide bonds. The molecule has 0 saturated heterocycles. The fourth-order valence-electron chi connectivity index (χ4n) is 4.26. The van der Waals surface area contributed by atoms with Gasteiger partial charge in [0.25, 0.3) is 0 Å². The van der Waals surface area contributed by atoms with Crippen molar-refractivity contribution in [1.82, 2.24) is 0 Å². The third-order valence-electron chi connectivity index (χ3n) is 5.64. The highest BCUT2D eigenvalue weighted by molar-refractivity contribution is 5.91. The van der Waals surface area contributed by atoms with Crippen molar-refractivity contribution in [1.29, 1.82) is 0 Å². The molecule has 0 atom stereocenters. The third kappa shape index (κ3) is 2.44. The molecular weight excluding hydrogens is 300 g/mol. The van der Waals surface area contributed by atoms with Gasteiger partial charge in [-0.3, -0.25) is 0 Å². The highest BCUT2D eigenvalue weighted by atomic mass is 14.4. The standard InChI is InChI=1S/C25H23/c1-3-25(4-2,23-17-9-13-19-11-5-7-15-21(19)23)24-18-10-14-20-12-6-8-16-22(20)24/h5-18H,1,3-4H2,2H3. The minimum Gasteiger partial charge on any atom is -0.0642 e. The number of rotatable bonds is 4. The van der Waals surface area contributed by atoms with Crippen molar-refractivity contribution in [3.05, 3.63) is 103 Å². The molecule has 0 nitrogen and oxygen atoms in total. The van der Waals surface area contributed by atoms with Crippen molar-refractivity contribution in [2.45, 2.75) is 25.2 Å². The van der Waals surface area contributed by atoms with Gasteiger partial charge in [0.1, 0.15) is 0 Å². The summed E-state index contributed by atoms with van der Waals surface area (Å²) in [6.07, 6.45) is 1.87. The SMILES string of the molecule is [CH2]CC(CC)(c1cccc2ccccc12)c1cccc2ccccc12. The Kier molecular flexibility index (Phi) is 4.05. The summed E-state index contributed by atoms with van der Waals surface area (Å²) in [4.78, 5) is 0. The van der Waals surface area contributed by atoms with Crippen molar-refractivity contribution in [2.24, 2.45) is 0 Å². The van der Waals surface area contributed by atoms with Crippen molar-refractivity contribution >= 4 is 21.5 Å². The van der Waals surface area contributed by atoms with E-state index in [0.29, 0.717) is 0 Å². The summed E-state index contributed by atoms with van der Waals surface area (Å²) in [5.41, 5.74) is 2.70. The van der Waals surface area contributed by atoms with Crippen LogP contribution in [0.4, 0.5) is 0 Å². The van der Waals surface area contributed by atoms with Crippen LogP contribution in [0.25, 0.3) is 21.5 Å².